The number of hydrogen-bond donors (Lipinski definition) is 2. The van der Waals surface area contributed by atoms with Gasteiger partial charge >= 0.3 is 5.97 Å². The number of carbonyl (C=O) groups is 2. The Hall–Kier alpha value is -4.31. The van der Waals surface area contributed by atoms with Gasteiger partial charge in [0.1, 0.15) is 35.2 Å². The van der Waals surface area contributed by atoms with Crippen LogP contribution in [-0.2, 0) is 20.9 Å². The predicted molar refractivity (Wildman–Crippen MR) is 155 cm³/mol. The first-order valence-electron chi connectivity index (χ1n) is 13.3. The molecule has 0 unspecified atom stereocenters. The maximum Gasteiger partial charge on any atom is 0.322 e. The summed E-state index contributed by atoms with van der Waals surface area (Å²) in [6.07, 6.45) is -0.386. The fraction of sp³-hybridized carbons (Fsp3) is 0.355. The Balaban J connectivity index is 1.79. The van der Waals surface area contributed by atoms with Gasteiger partial charge in [-0.25, -0.2) is 4.39 Å². The fourth-order valence-electron chi connectivity index (χ4n) is 4.81. The molecule has 0 saturated carbocycles. The summed E-state index contributed by atoms with van der Waals surface area (Å²) in [7, 11) is 3.27. The molecule has 0 saturated heterocycles. The second kappa shape index (κ2) is 12.1. The quantitative estimate of drug-likeness (QED) is 0.256. The van der Waals surface area contributed by atoms with Gasteiger partial charge in [0, 0.05) is 36.7 Å². The Morgan fingerprint density at radius 3 is 2.51 bits per heavy atom. The molecule has 0 aromatic heterocycles. The van der Waals surface area contributed by atoms with Gasteiger partial charge in [-0.15, -0.1) is 0 Å². The molecule has 1 atom stereocenters. The van der Waals surface area contributed by atoms with Gasteiger partial charge in [0.25, 0.3) is 5.91 Å². The molecule has 3 N–H and O–H groups in total. The standard InChI is InChI=1S/C31H36FN3O6/c1-7-28(41-27(36)16-33)40-20-10-11-22(26(15-20)38-6)21-12-13-24-29(35(5)30(37)31(3,4)34-24)23(21)17-39-25-14-19(32)9-8-18(25)2/h8-15,28,34H,7,16-17,33H2,1-6H3/t28-/m0/s1. The summed E-state index contributed by atoms with van der Waals surface area (Å²) >= 11 is 0. The summed E-state index contributed by atoms with van der Waals surface area (Å²) in [5.74, 6) is 0.242. The zero-order valence-electron chi connectivity index (χ0n) is 24.2. The lowest BCUT2D eigenvalue weighted by atomic mass is 9.91. The Bertz CT molecular complexity index is 1460. The van der Waals surface area contributed by atoms with Gasteiger partial charge in [-0.2, -0.15) is 0 Å². The monoisotopic (exact) mass is 565 g/mol. The largest absolute Gasteiger partial charge is 0.496 e. The highest BCUT2D eigenvalue weighted by atomic mass is 19.1. The normalized spacial score (nSPS) is 14.5. The van der Waals surface area contributed by atoms with Crippen molar-refractivity contribution in [3.63, 3.8) is 0 Å². The van der Waals surface area contributed by atoms with Crippen molar-refractivity contribution in [3.8, 4) is 28.4 Å². The van der Waals surface area contributed by atoms with Crippen molar-refractivity contribution in [1.29, 1.82) is 0 Å². The van der Waals surface area contributed by atoms with Crippen molar-refractivity contribution in [2.75, 3.05) is 30.9 Å². The lowest BCUT2D eigenvalue weighted by molar-refractivity contribution is -0.162. The average molecular weight is 566 g/mol. The summed E-state index contributed by atoms with van der Waals surface area (Å²) < 4.78 is 37.0. The summed E-state index contributed by atoms with van der Waals surface area (Å²) in [6, 6.07) is 13.5. The molecule has 0 radical (unpaired) electrons. The van der Waals surface area contributed by atoms with Crippen LogP contribution in [0.5, 0.6) is 17.2 Å². The van der Waals surface area contributed by atoms with Gasteiger partial charge in [0.2, 0.25) is 6.29 Å². The van der Waals surface area contributed by atoms with Crippen LogP contribution in [0.25, 0.3) is 11.1 Å². The van der Waals surface area contributed by atoms with E-state index in [1.165, 1.54) is 12.1 Å². The Morgan fingerprint density at radius 1 is 1.10 bits per heavy atom. The van der Waals surface area contributed by atoms with Crippen LogP contribution in [0.15, 0.2) is 48.5 Å². The molecular formula is C31H36FN3O6. The summed E-state index contributed by atoms with van der Waals surface area (Å²) in [5, 5.41) is 3.33. The third-order valence-electron chi connectivity index (χ3n) is 6.92. The van der Waals surface area contributed by atoms with Crippen molar-refractivity contribution in [1.82, 2.24) is 0 Å². The number of halogens is 1. The molecule has 0 bridgehead atoms. The van der Waals surface area contributed by atoms with E-state index in [0.29, 0.717) is 34.9 Å². The third kappa shape index (κ3) is 6.22. The number of anilines is 2. The highest BCUT2D eigenvalue weighted by molar-refractivity contribution is 6.08. The molecule has 9 nitrogen and oxygen atoms in total. The van der Waals surface area contributed by atoms with Crippen molar-refractivity contribution < 1.29 is 32.9 Å². The lowest BCUT2D eigenvalue weighted by Crippen LogP contribution is -2.52. The second-order valence-electron chi connectivity index (χ2n) is 10.3. The van der Waals surface area contributed by atoms with Crippen molar-refractivity contribution in [2.45, 2.75) is 52.6 Å². The van der Waals surface area contributed by atoms with Gasteiger partial charge in [0.15, 0.2) is 0 Å². The Morgan fingerprint density at radius 2 is 1.83 bits per heavy atom. The van der Waals surface area contributed by atoms with Gasteiger partial charge in [0.05, 0.1) is 25.0 Å². The first-order valence-corrected chi connectivity index (χ1v) is 13.3. The molecule has 3 aromatic carbocycles. The van der Waals surface area contributed by atoms with Gasteiger partial charge in [-0.05, 0) is 56.2 Å². The van der Waals surface area contributed by atoms with Crippen LogP contribution in [0.1, 0.15) is 38.3 Å². The third-order valence-corrected chi connectivity index (χ3v) is 6.92. The minimum absolute atomic E-state index is 0.0525. The highest BCUT2D eigenvalue weighted by Gasteiger charge is 2.38. The molecule has 0 spiro atoms. The number of rotatable bonds is 10. The maximum atomic E-state index is 14.0. The molecule has 41 heavy (non-hydrogen) atoms. The summed E-state index contributed by atoms with van der Waals surface area (Å²) in [6.45, 7) is 7.12. The fourth-order valence-corrected chi connectivity index (χ4v) is 4.81. The molecule has 0 fully saturated rings. The Labute approximate surface area is 239 Å². The van der Waals surface area contributed by atoms with E-state index in [0.717, 1.165) is 22.4 Å². The maximum absolute atomic E-state index is 14.0. The van der Waals surface area contributed by atoms with Crippen LogP contribution in [0.3, 0.4) is 0 Å². The van der Waals surface area contributed by atoms with E-state index in [4.69, 9.17) is 24.7 Å². The molecule has 0 aliphatic carbocycles. The molecular weight excluding hydrogens is 529 g/mol. The van der Waals surface area contributed by atoms with Crippen molar-refractivity contribution in [2.24, 2.45) is 5.73 Å². The number of nitrogens with zero attached hydrogens (tertiary/aromatic N) is 1. The number of aryl methyl sites for hydroxylation is 1. The van der Waals surface area contributed by atoms with Gasteiger partial charge in [-0.3, -0.25) is 9.59 Å². The minimum atomic E-state index is -0.807. The molecule has 218 valence electrons. The average Bonchev–Trinajstić information content (AvgIpc) is 2.95. The van der Waals surface area contributed by atoms with Crippen LogP contribution in [0.2, 0.25) is 0 Å². The molecule has 10 heteroatoms. The summed E-state index contributed by atoms with van der Waals surface area (Å²) in [4.78, 5) is 26.6. The first kappa shape index (κ1) is 29.7. The minimum Gasteiger partial charge on any atom is -0.496 e. The predicted octanol–water partition coefficient (Wildman–Crippen LogP) is 5.17. The zero-order valence-corrected chi connectivity index (χ0v) is 24.2. The van der Waals surface area contributed by atoms with E-state index >= 15 is 0 Å². The number of likely N-dealkylation sites (N-methyl/N-ethyl adjacent to an activating group) is 1. The molecule has 1 amide bonds. The molecule has 1 aliphatic rings. The number of benzene rings is 3. The molecule has 4 rings (SSSR count). The summed E-state index contributed by atoms with van der Waals surface area (Å²) in [5.41, 5.74) is 8.94. The number of carbonyl (C=O) groups excluding carboxylic acids is 2. The molecule has 3 aromatic rings. The number of ether oxygens (including phenoxy) is 4. The van der Waals surface area contributed by atoms with E-state index < -0.39 is 23.6 Å². The van der Waals surface area contributed by atoms with E-state index in [-0.39, 0.29) is 19.1 Å². The SMILES string of the molecule is CC[C@H](OC(=O)CN)Oc1ccc(-c2ccc3c(c2COc2cc(F)ccc2C)N(C)C(=O)C(C)(C)N3)c(OC)c1. The number of hydrogen-bond acceptors (Lipinski definition) is 8. The van der Waals surface area contributed by atoms with Crippen LogP contribution >= 0.6 is 0 Å². The van der Waals surface area contributed by atoms with E-state index in [1.807, 2.05) is 45.9 Å². The number of nitrogens with one attached hydrogen (secondary N) is 1. The number of nitrogens with two attached hydrogens (primary N) is 1. The zero-order chi connectivity index (χ0) is 29.9. The number of esters is 1. The smallest absolute Gasteiger partial charge is 0.322 e. The van der Waals surface area contributed by atoms with Crippen LogP contribution in [0, 0.1) is 12.7 Å². The lowest BCUT2D eigenvalue weighted by Gasteiger charge is -2.39. The van der Waals surface area contributed by atoms with E-state index in [1.54, 1.807) is 37.3 Å². The first-order chi connectivity index (χ1) is 19.5. The van der Waals surface area contributed by atoms with Gasteiger partial charge in [-0.1, -0.05) is 19.1 Å². The second-order valence-corrected chi connectivity index (χ2v) is 10.3. The van der Waals surface area contributed by atoms with Gasteiger partial charge < -0.3 is 34.9 Å². The Kier molecular flexibility index (Phi) is 8.72. The van der Waals surface area contributed by atoms with E-state index in [2.05, 4.69) is 5.32 Å². The highest BCUT2D eigenvalue weighted by Crippen LogP contribution is 2.45. The van der Waals surface area contributed by atoms with Crippen LogP contribution in [-0.4, -0.2) is 44.4 Å². The van der Waals surface area contributed by atoms with E-state index in [9.17, 15) is 14.0 Å². The van der Waals surface area contributed by atoms with Crippen molar-refractivity contribution >= 4 is 23.3 Å². The molecule has 1 aliphatic heterocycles. The number of methoxy groups -OCH3 is 1. The molecule has 1 heterocycles. The van der Waals surface area contributed by atoms with Crippen LogP contribution < -0.4 is 30.2 Å². The number of fused-ring (bicyclic) bond motifs is 1. The topological polar surface area (TPSA) is 112 Å². The van der Waals surface area contributed by atoms with Crippen LogP contribution in [0.4, 0.5) is 15.8 Å². The number of amides is 1. The van der Waals surface area contributed by atoms with Crippen molar-refractivity contribution in [3.05, 3.63) is 65.5 Å².